The minimum absolute atomic E-state index is 0.0795. The Kier molecular flexibility index (Phi) is 6.79. The van der Waals surface area contributed by atoms with Crippen LogP contribution in [0.5, 0.6) is 5.75 Å². The van der Waals surface area contributed by atoms with Crippen LogP contribution in [0, 0.1) is 6.92 Å². The highest BCUT2D eigenvalue weighted by Crippen LogP contribution is 2.24. The van der Waals surface area contributed by atoms with Crippen molar-refractivity contribution in [1.82, 2.24) is 5.32 Å². The predicted octanol–water partition coefficient (Wildman–Crippen LogP) is 4.14. The third kappa shape index (κ3) is 5.20. The first kappa shape index (κ1) is 21.9. The van der Waals surface area contributed by atoms with Crippen LogP contribution in [0.1, 0.15) is 23.4 Å². The van der Waals surface area contributed by atoms with Gasteiger partial charge in [0, 0.05) is 11.9 Å². The second kappa shape index (κ2) is 9.32. The molecule has 2 aromatic carbocycles. The largest absolute Gasteiger partial charge is 0.484 e. The van der Waals surface area contributed by atoms with Crippen LogP contribution in [-0.2, 0) is 14.8 Å². The molecule has 1 unspecified atom stereocenters. The van der Waals surface area contributed by atoms with Gasteiger partial charge in [0.1, 0.15) is 5.75 Å². The van der Waals surface area contributed by atoms with Gasteiger partial charge in [-0.15, -0.1) is 11.3 Å². The van der Waals surface area contributed by atoms with Crippen molar-refractivity contribution >= 4 is 33.0 Å². The van der Waals surface area contributed by atoms with Gasteiger partial charge >= 0.3 is 0 Å². The van der Waals surface area contributed by atoms with E-state index < -0.39 is 10.0 Å². The Morgan fingerprint density at radius 2 is 1.77 bits per heavy atom. The van der Waals surface area contributed by atoms with E-state index in [2.05, 4.69) is 5.32 Å². The molecule has 0 radical (unpaired) electrons. The lowest BCUT2D eigenvalue weighted by Gasteiger charge is -2.20. The first-order valence-corrected chi connectivity index (χ1v) is 11.7. The molecule has 3 rings (SSSR count). The maximum absolute atomic E-state index is 12.8. The van der Waals surface area contributed by atoms with Crippen molar-refractivity contribution in [2.24, 2.45) is 0 Å². The third-order valence-corrected chi connectivity index (χ3v) is 7.45. The van der Waals surface area contributed by atoms with Crippen LogP contribution >= 0.6 is 11.3 Å². The van der Waals surface area contributed by atoms with Gasteiger partial charge in [0.25, 0.3) is 15.9 Å². The summed E-state index contributed by atoms with van der Waals surface area (Å²) in [5, 5.41) is 4.85. The normalized spacial score (nSPS) is 12.2. The SMILES string of the molecule is Cc1ccc(S(=O)(=O)N(C)c2ccc(OCC(=O)NC(C)c3cccs3)cc2)cc1. The Morgan fingerprint density at radius 3 is 2.37 bits per heavy atom. The van der Waals surface area contributed by atoms with Crippen LogP contribution in [0.2, 0.25) is 0 Å². The molecule has 1 heterocycles. The van der Waals surface area contributed by atoms with Gasteiger partial charge in [-0.3, -0.25) is 9.10 Å². The Bertz CT molecular complexity index is 1080. The number of hydrogen-bond donors (Lipinski definition) is 1. The summed E-state index contributed by atoms with van der Waals surface area (Å²) in [4.78, 5) is 13.4. The van der Waals surface area contributed by atoms with Gasteiger partial charge in [-0.05, 0) is 61.7 Å². The average molecular weight is 445 g/mol. The van der Waals surface area contributed by atoms with E-state index in [1.807, 2.05) is 31.4 Å². The molecule has 30 heavy (non-hydrogen) atoms. The molecule has 8 heteroatoms. The molecule has 1 N–H and O–H groups in total. The van der Waals surface area contributed by atoms with Crippen LogP contribution in [0.15, 0.2) is 70.9 Å². The van der Waals surface area contributed by atoms with Gasteiger partial charge in [-0.25, -0.2) is 8.42 Å². The Hall–Kier alpha value is -2.84. The standard InChI is InChI=1S/C22H24N2O4S2/c1-16-6-12-20(13-7-16)30(26,27)24(3)18-8-10-19(11-9-18)28-15-22(25)23-17(2)21-5-4-14-29-21/h4-14,17H,15H2,1-3H3,(H,23,25). The molecule has 0 spiro atoms. The number of anilines is 1. The van der Waals surface area contributed by atoms with E-state index in [9.17, 15) is 13.2 Å². The van der Waals surface area contributed by atoms with Crippen molar-refractivity contribution in [2.75, 3.05) is 18.0 Å². The molecule has 0 aliphatic rings. The molecule has 0 fully saturated rings. The van der Waals surface area contributed by atoms with Crippen LogP contribution < -0.4 is 14.4 Å². The number of carbonyl (C=O) groups excluding carboxylic acids is 1. The molecule has 1 amide bonds. The lowest BCUT2D eigenvalue weighted by atomic mass is 10.2. The van der Waals surface area contributed by atoms with Crippen molar-refractivity contribution in [3.05, 3.63) is 76.5 Å². The maximum Gasteiger partial charge on any atom is 0.264 e. The minimum Gasteiger partial charge on any atom is -0.484 e. The number of benzene rings is 2. The number of hydrogen-bond acceptors (Lipinski definition) is 5. The minimum atomic E-state index is -3.65. The van der Waals surface area contributed by atoms with Gasteiger partial charge < -0.3 is 10.1 Å². The molecule has 0 bridgehead atoms. The zero-order chi connectivity index (χ0) is 21.7. The Balaban J connectivity index is 1.59. The van der Waals surface area contributed by atoms with E-state index in [0.717, 1.165) is 10.4 Å². The highest BCUT2D eigenvalue weighted by molar-refractivity contribution is 7.92. The zero-order valence-electron chi connectivity index (χ0n) is 17.0. The molecule has 0 saturated carbocycles. The highest BCUT2D eigenvalue weighted by atomic mass is 32.2. The topological polar surface area (TPSA) is 75.7 Å². The van der Waals surface area contributed by atoms with Crippen molar-refractivity contribution in [1.29, 1.82) is 0 Å². The van der Waals surface area contributed by atoms with E-state index >= 15 is 0 Å². The van der Waals surface area contributed by atoms with Gasteiger partial charge in [-0.2, -0.15) is 0 Å². The third-order valence-electron chi connectivity index (χ3n) is 4.60. The van der Waals surface area contributed by atoms with Crippen LogP contribution in [0.25, 0.3) is 0 Å². The number of sulfonamides is 1. The lowest BCUT2D eigenvalue weighted by Crippen LogP contribution is -2.30. The summed E-state index contributed by atoms with van der Waals surface area (Å²) < 4.78 is 32.3. The maximum atomic E-state index is 12.8. The first-order chi connectivity index (χ1) is 14.3. The number of amides is 1. The van der Waals surface area contributed by atoms with E-state index in [1.54, 1.807) is 59.9 Å². The molecule has 0 aliphatic heterocycles. The summed E-state index contributed by atoms with van der Waals surface area (Å²) in [6.07, 6.45) is 0. The molecule has 1 atom stereocenters. The monoisotopic (exact) mass is 444 g/mol. The van der Waals surface area contributed by atoms with Crippen LogP contribution in [0.4, 0.5) is 5.69 Å². The average Bonchev–Trinajstić information content (AvgIpc) is 3.27. The van der Waals surface area contributed by atoms with Gasteiger partial charge in [0.2, 0.25) is 0 Å². The summed E-state index contributed by atoms with van der Waals surface area (Å²) in [6.45, 7) is 3.71. The van der Waals surface area contributed by atoms with Crippen LogP contribution in [0.3, 0.4) is 0 Å². The molecule has 0 saturated heterocycles. The molecule has 1 aromatic heterocycles. The van der Waals surface area contributed by atoms with E-state index in [-0.39, 0.29) is 23.5 Å². The number of aryl methyl sites for hydroxylation is 1. The predicted molar refractivity (Wildman–Crippen MR) is 120 cm³/mol. The van der Waals surface area contributed by atoms with Gasteiger partial charge in [0.15, 0.2) is 6.61 Å². The quantitative estimate of drug-likeness (QED) is 0.567. The number of nitrogens with zero attached hydrogens (tertiary/aromatic N) is 1. The second-order valence-electron chi connectivity index (χ2n) is 6.87. The molecule has 6 nitrogen and oxygen atoms in total. The summed E-state index contributed by atoms with van der Waals surface area (Å²) >= 11 is 1.58. The fourth-order valence-electron chi connectivity index (χ4n) is 2.80. The summed E-state index contributed by atoms with van der Waals surface area (Å²) in [7, 11) is -2.15. The van der Waals surface area contributed by atoms with Gasteiger partial charge in [0.05, 0.1) is 16.6 Å². The van der Waals surface area contributed by atoms with Crippen molar-refractivity contribution in [3.63, 3.8) is 0 Å². The Morgan fingerprint density at radius 1 is 1.10 bits per heavy atom. The Labute approximate surface area is 181 Å². The molecule has 3 aromatic rings. The summed E-state index contributed by atoms with van der Waals surface area (Å²) in [6, 6.07) is 17.1. The number of thiophene rings is 1. The van der Waals surface area contributed by atoms with Gasteiger partial charge in [-0.1, -0.05) is 23.8 Å². The second-order valence-corrected chi connectivity index (χ2v) is 9.82. The van der Waals surface area contributed by atoms with E-state index in [1.165, 1.54) is 11.4 Å². The fraction of sp³-hybridized carbons (Fsp3) is 0.227. The zero-order valence-corrected chi connectivity index (χ0v) is 18.7. The molecule has 0 aliphatic carbocycles. The fourth-order valence-corrected chi connectivity index (χ4v) is 4.73. The number of ether oxygens (including phenoxy) is 1. The van der Waals surface area contributed by atoms with Crippen molar-refractivity contribution < 1.29 is 17.9 Å². The van der Waals surface area contributed by atoms with E-state index in [4.69, 9.17) is 4.74 Å². The van der Waals surface area contributed by atoms with Crippen molar-refractivity contribution in [3.8, 4) is 5.75 Å². The van der Waals surface area contributed by atoms with E-state index in [0.29, 0.717) is 11.4 Å². The van der Waals surface area contributed by atoms with Crippen LogP contribution in [-0.4, -0.2) is 28.0 Å². The molecule has 158 valence electrons. The lowest BCUT2D eigenvalue weighted by molar-refractivity contribution is -0.123. The number of nitrogens with one attached hydrogen (secondary N) is 1. The molecular formula is C22H24N2O4S2. The number of carbonyl (C=O) groups is 1. The number of rotatable bonds is 8. The summed E-state index contributed by atoms with van der Waals surface area (Å²) in [5.74, 6) is 0.262. The summed E-state index contributed by atoms with van der Waals surface area (Å²) in [5.41, 5.74) is 1.49. The highest BCUT2D eigenvalue weighted by Gasteiger charge is 2.21. The van der Waals surface area contributed by atoms with Crippen molar-refractivity contribution in [2.45, 2.75) is 24.8 Å². The molecular weight excluding hydrogens is 420 g/mol. The first-order valence-electron chi connectivity index (χ1n) is 9.38. The smallest absolute Gasteiger partial charge is 0.264 e.